The largest absolute Gasteiger partial charge is 0.376 e. The average molecular weight is 302 g/mol. The number of hydrogen-bond acceptors (Lipinski definition) is 3. The van der Waals surface area contributed by atoms with Crippen molar-refractivity contribution in [3.63, 3.8) is 0 Å². The zero-order chi connectivity index (χ0) is 15.4. The van der Waals surface area contributed by atoms with Gasteiger partial charge in [-0.25, -0.2) is 0 Å². The summed E-state index contributed by atoms with van der Waals surface area (Å²) in [7, 11) is 0. The molecule has 1 aromatic rings. The molecule has 118 valence electrons. The van der Waals surface area contributed by atoms with Gasteiger partial charge in [0.2, 0.25) is 11.8 Å². The van der Waals surface area contributed by atoms with E-state index in [0.29, 0.717) is 25.8 Å². The van der Waals surface area contributed by atoms with Crippen LogP contribution in [0.2, 0.25) is 0 Å². The third-order valence-corrected chi connectivity index (χ3v) is 4.38. The molecule has 5 nitrogen and oxygen atoms in total. The predicted octanol–water partition coefficient (Wildman–Crippen LogP) is 1.87. The number of carbonyl (C=O) groups is 2. The molecule has 0 unspecified atom stereocenters. The minimum Gasteiger partial charge on any atom is -0.376 e. The van der Waals surface area contributed by atoms with Gasteiger partial charge in [-0.3, -0.25) is 9.59 Å². The first-order chi connectivity index (χ1) is 10.7. The van der Waals surface area contributed by atoms with Gasteiger partial charge in [-0.15, -0.1) is 0 Å². The summed E-state index contributed by atoms with van der Waals surface area (Å²) in [5.74, 6) is -0.101. The minimum atomic E-state index is -0.122. The van der Waals surface area contributed by atoms with Crippen molar-refractivity contribution < 1.29 is 14.3 Å². The predicted molar refractivity (Wildman–Crippen MR) is 83.5 cm³/mol. The van der Waals surface area contributed by atoms with Gasteiger partial charge in [-0.2, -0.15) is 0 Å². The van der Waals surface area contributed by atoms with Gasteiger partial charge in [0.05, 0.1) is 6.10 Å². The first kappa shape index (κ1) is 15.0. The first-order valence-corrected chi connectivity index (χ1v) is 7.99. The van der Waals surface area contributed by atoms with Gasteiger partial charge in [0, 0.05) is 31.2 Å². The lowest BCUT2D eigenvalue weighted by atomic mass is 9.89. The number of ether oxygens (including phenoxy) is 1. The molecular weight excluding hydrogens is 280 g/mol. The van der Waals surface area contributed by atoms with Crippen LogP contribution in [0.25, 0.3) is 0 Å². The smallest absolute Gasteiger partial charge is 0.227 e. The summed E-state index contributed by atoms with van der Waals surface area (Å²) >= 11 is 0. The van der Waals surface area contributed by atoms with Crippen LogP contribution in [0.3, 0.4) is 0 Å². The van der Waals surface area contributed by atoms with Gasteiger partial charge in [0.1, 0.15) is 0 Å². The van der Waals surface area contributed by atoms with E-state index >= 15 is 0 Å². The van der Waals surface area contributed by atoms with Crippen LogP contribution in [0, 0.1) is 5.92 Å². The Labute approximate surface area is 130 Å². The van der Waals surface area contributed by atoms with Crippen molar-refractivity contribution in [2.45, 2.75) is 38.2 Å². The van der Waals surface area contributed by atoms with Gasteiger partial charge in [-0.05, 0) is 37.3 Å². The van der Waals surface area contributed by atoms with Crippen LogP contribution in [0.1, 0.15) is 31.2 Å². The maximum Gasteiger partial charge on any atom is 0.227 e. The number of anilines is 1. The van der Waals surface area contributed by atoms with E-state index in [1.54, 1.807) is 0 Å². The molecule has 1 fully saturated rings. The summed E-state index contributed by atoms with van der Waals surface area (Å²) < 4.78 is 5.48. The second-order valence-electron chi connectivity index (χ2n) is 6.03. The van der Waals surface area contributed by atoms with Crippen molar-refractivity contribution in [2.75, 3.05) is 18.5 Å². The highest BCUT2D eigenvalue weighted by molar-refractivity contribution is 5.96. The van der Waals surface area contributed by atoms with Crippen molar-refractivity contribution >= 4 is 17.5 Å². The quantitative estimate of drug-likeness (QED) is 0.872. The Hall–Kier alpha value is -1.88. The number of fused-ring (bicyclic) bond motifs is 1. The SMILES string of the molecule is O=C(CC[C@H]1Cc2ccccc2NC1=O)NC[C@@H]1CCCO1. The first-order valence-electron chi connectivity index (χ1n) is 7.99. The fourth-order valence-electron chi connectivity index (χ4n) is 3.07. The lowest BCUT2D eigenvalue weighted by molar-refractivity contribution is -0.123. The summed E-state index contributed by atoms with van der Waals surface area (Å²) in [5, 5.41) is 5.82. The van der Waals surface area contributed by atoms with E-state index in [1.165, 1.54) is 0 Å². The Morgan fingerprint density at radius 2 is 2.23 bits per heavy atom. The molecule has 0 bridgehead atoms. The lowest BCUT2D eigenvalue weighted by Gasteiger charge is -2.24. The molecule has 0 radical (unpaired) electrons. The molecule has 2 atom stereocenters. The molecule has 2 heterocycles. The molecule has 1 aromatic carbocycles. The second kappa shape index (κ2) is 6.92. The Morgan fingerprint density at radius 1 is 1.36 bits per heavy atom. The van der Waals surface area contributed by atoms with Crippen LogP contribution in [0.5, 0.6) is 0 Å². The monoisotopic (exact) mass is 302 g/mol. The number of rotatable bonds is 5. The Bertz CT molecular complexity index is 553. The minimum absolute atomic E-state index is 0.00200. The highest BCUT2D eigenvalue weighted by atomic mass is 16.5. The molecule has 2 amide bonds. The van der Waals surface area contributed by atoms with Gasteiger partial charge in [-0.1, -0.05) is 18.2 Å². The summed E-state index contributed by atoms with van der Waals surface area (Å²) in [4.78, 5) is 24.0. The lowest BCUT2D eigenvalue weighted by Crippen LogP contribution is -2.34. The second-order valence-corrected chi connectivity index (χ2v) is 6.03. The fraction of sp³-hybridized carbons (Fsp3) is 0.529. The standard InChI is InChI=1S/C17H22N2O3/c20-16(18-11-14-5-3-9-22-14)8-7-13-10-12-4-1-2-6-15(12)19-17(13)21/h1-2,4,6,13-14H,3,5,7-11H2,(H,18,20)(H,19,21)/t13-,14-/m0/s1. The molecule has 2 aliphatic heterocycles. The molecule has 22 heavy (non-hydrogen) atoms. The molecule has 2 aliphatic rings. The van der Waals surface area contributed by atoms with Crippen LogP contribution in [0.4, 0.5) is 5.69 Å². The molecular formula is C17H22N2O3. The zero-order valence-corrected chi connectivity index (χ0v) is 12.6. The Morgan fingerprint density at radius 3 is 3.05 bits per heavy atom. The van der Waals surface area contributed by atoms with Crippen LogP contribution in [-0.2, 0) is 20.7 Å². The third kappa shape index (κ3) is 3.65. The molecule has 0 aromatic heterocycles. The molecule has 3 rings (SSSR count). The van der Waals surface area contributed by atoms with E-state index < -0.39 is 0 Å². The topological polar surface area (TPSA) is 67.4 Å². The van der Waals surface area contributed by atoms with Crippen LogP contribution >= 0.6 is 0 Å². The van der Waals surface area contributed by atoms with Crippen LogP contribution in [0.15, 0.2) is 24.3 Å². The summed E-state index contributed by atoms with van der Waals surface area (Å²) in [6.45, 7) is 1.38. The van der Waals surface area contributed by atoms with E-state index in [9.17, 15) is 9.59 Å². The number of nitrogens with one attached hydrogen (secondary N) is 2. The fourth-order valence-corrected chi connectivity index (χ4v) is 3.07. The normalized spacial score (nSPS) is 23.7. The van der Waals surface area contributed by atoms with Crippen molar-refractivity contribution in [2.24, 2.45) is 5.92 Å². The van der Waals surface area contributed by atoms with E-state index in [2.05, 4.69) is 10.6 Å². The van der Waals surface area contributed by atoms with Gasteiger partial charge < -0.3 is 15.4 Å². The van der Waals surface area contributed by atoms with Gasteiger partial charge in [0.15, 0.2) is 0 Å². The average Bonchev–Trinajstić information content (AvgIpc) is 3.04. The zero-order valence-electron chi connectivity index (χ0n) is 12.6. The number of amides is 2. The molecule has 2 N–H and O–H groups in total. The van der Waals surface area contributed by atoms with Crippen LogP contribution < -0.4 is 10.6 Å². The highest BCUT2D eigenvalue weighted by Crippen LogP contribution is 2.27. The van der Waals surface area contributed by atoms with E-state index in [-0.39, 0.29) is 23.8 Å². The molecule has 0 aliphatic carbocycles. The van der Waals surface area contributed by atoms with E-state index in [0.717, 1.165) is 30.7 Å². The maximum atomic E-state index is 12.1. The molecule has 0 saturated carbocycles. The summed E-state index contributed by atoms with van der Waals surface area (Å²) in [6.07, 6.45) is 3.92. The number of para-hydroxylation sites is 1. The maximum absolute atomic E-state index is 12.1. The number of carbonyl (C=O) groups excluding carboxylic acids is 2. The Kier molecular flexibility index (Phi) is 4.73. The van der Waals surface area contributed by atoms with Crippen molar-refractivity contribution in [1.82, 2.24) is 5.32 Å². The Balaban J connectivity index is 1.45. The van der Waals surface area contributed by atoms with Gasteiger partial charge in [0.25, 0.3) is 0 Å². The van der Waals surface area contributed by atoms with Crippen molar-refractivity contribution in [3.05, 3.63) is 29.8 Å². The number of benzene rings is 1. The summed E-state index contributed by atoms with van der Waals surface area (Å²) in [5.41, 5.74) is 2.04. The third-order valence-electron chi connectivity index (χ3n) is 4.38. The number of hydrogen-bond donors (Lipinski definition) is 2. The molecule has 0 spiro atoms. The van der Waals surface area contributed by atoms with Crippen molar-refractivity contribution in [3.8, 4) is 0 Å². The van der Waals surface area contributed by atoms with Crippen molar-refractivity contribution in [1.29, 1.82) is 0 Å². The van der Waals surface area contributed by atoms with Crippen LogP contribution in [-0.4, -0.2) is 31.1 Å². The van der Waals surface area contributed by atoms with E-state index in [1.807, 2.05) is 24.3 Å². The van der Waals surface area contributed by atoms with Gasteiger partial charge >= 0.3 is 0 Å². The highest BCUT2D eigenvalue weighted by Gasteiger charge is 2.26. The summed E-state index contributed by atoms with van der Waals surface area (Å²) in [6, 6.07) is 7.83. The van der Waals surface area contributed by atoms with E-state index in [4.69, 9.17) is 4.74 Å². The molecule has 1 saturated heterocycles. The molecule has 5 heteroatoms.